The lowest BCUT2D eigenvalue weighted by atomic mass is 10.1. The third-order valence-corrected chi connectivity index (χ3v) is 5.35. The molecule has 29 heavy (non-hydrogen) atoms. The molecule has 1 aliphatic rings. The lowest BCUT2D eigenvalue weighted by Gasteiger charge is -2.12. The van der Waals surface area contributed by atoms with Crippen molar-refractivity contribution in [3.63, 3.8) is 0 Å². The van der Waals surface area contributed by atoms with E-state index < -0.39 is 0 Å². The minimum Gasteiger partial charge on any atom is -0.497 e. The summed E-state index contributed by atoms with van der Waals surface area (Å²) < 4.78 is 5.12. The number of aromatic nitrogens is 2. The molecule has 8 nitrogen and oxygen atoms in total. The molecule has 2 aromatic carbocycles. The van der Waals surface area contributed by atoms with E-state index in [1.165, 1.54) is 23.3 Å². The zero-order chi connectivity index (χ0) is 20.4. The topological polar surface area (TPSA) is 101 Å². The molecule has 0 bridgehead atoms. The fourth-order valence-electron chi connectivity index (χ4n) is 2.99. The number of methoxy groups -OCH3 is 1. The van der Waals surface area contributed by atoms with E-state index in [2.05, 4.69) is 15.5 Å². The van der Waals surface area contributed by atoms with Gasteiger partial charge in [0.2, 0.25) is 5.13 Å². The summed E-state index contributed by atoms with van der Waals surface area (Å²) in [7, 11) is 1.53. The average Bonchev–Trinajstić information content (AvgIpc) is 3.29. The van der Waals surface area contributed by atoms with Crippen LogP contribution in [0.5, 0.6) is 5.75 Å². The Morgan fingerprint density at radius 2 is 1.79 bits per heavy atom. The highest BCUT2D eigenvalue weighted by atomic mass is 32.1. The lowest BCUT2D eigenvalue weighted by molar-refractivity contribution is 0.0655. The number of nitrogens with zero attached hydrogens (tertiary/aromatic N) is 3. The predicted octanol–water partition coefficient (Wildman–Crippen LogP) is 2.64. The van der Waals surface area contributed by atoms with Crippen LogP contribution in [0.15, 0.2) is 48.5 Å². The normalized spacial score (nSPS) is 12.8. The second kappa shape index (κ2) is 7.80. The molecule has 0 saturated heterocycles. The summed E-state index contributed by atoms with van der Waals surface area (Å²) in [6, 6.07) is 13.5. The highest BCUT2D eigenvalue weighted by Crippen LogP contribution is 2.24. The van der Waals surface area contributed by atoms with Gasteiger partial charge in [-0.2, -0.15) is 0 Å². The summed E-state index contributed by atoms with van der Waals surface area (Å²) in [6.07, 6.45) is 0.359. The Morgan fingerprint density at radius 1 is 1.07 bits per heavy atom. The Labute approximate surface area is 170 Å². The maximum Gasteiger partial charge on any atom is 0.261 e. The zero-order valence-corrected chi connectivity index (χ0v) is 16.2. The van der Waals surface area contributed by atoms with Crippen LogP contribution in [0.4, 0.5) is 5.13 Å². The molecular formula is C20H16N4O4S. The molecule has 146 valence electrons. The summed E-state index contributed by atoms with van der Waals surface area (Å²) in [6.45, 7) is 0.199. The van der Waals surface area contributed by atoms with Crippen molar-refractivity contribution >= 4 is 34.2 Å². The van der Waals surface area contributed by atoms with Crippen LogP contribution in [0.1, 0.15) is 36.1 Å². The largest absolute Gasteiger partial charge is 0.497 e. The molecule has 3 amide bonds. The molecule has 4 rings (SSSR count). The van der Waals surface area contributed by atoms with Crippen LogP contribution < -0.4 is 10.1 Å². The highest BCUT2D eigenvalue weighted by Gasteiger charge is 2.34. The summed E-state index contributed by atoms with van der Waals surface area (Å²) in [5.41, 5.74) is 1.27. The van der Waals surface area contributed by atoms with E-state index in [4.69, 9.17) is 4.74 Å². The molecular weight excluding hydrogens is 392 g/mol. The van der Waals surface area contributed by atoms with Gasteiger partial charge < -0.3 is 4.74 Å². The van der Waals surface area contributed by atoms with Crippen molar-refractivity contribution in [3.8, 4) is 5.75 Å². The SMILES string of the molecule is COc1cccc(C(=O)Nc2nnc(CCN3C(=O)c4ccccc4C3=O)s2)c1. The van der Waals surface area contributed by atoms with E-state index >= 15 is 0 Å². The quantitative estimate of drug-likeness (QED) is 0.629. The minimum absolute atomic E-state index is 0.199. The number of ether oxygens (including phenoxy) is 1. The number of nitrogens with one attached hydrogen (secondary N) is 1. The number of hydrogen-bond acceptors (Lipinski definition) is 7. The third-order valence-electron chi connectivity index (χ3n) is 4.45. The van der Waals surface area contributed by atoms with Crippen molar-refractivity contribution in [1.29, 1.82) is 0 Å². The van der Waals surface area contributed by atoms with Crippen molar-refractivity contribution < 1.29 is 19.1 Å². The number of carbonyl (C=O) groups is 3. The summed E-state index contributed by atoms with van der Waals surface area (Å²) in [4.78, 5) is 38.3. The number of hydrogen-bond donors (Lipinski definition) is 1. The van der Waals surface area contributed by atoms with E-state index in [1.54, 1.807) is 48.5 Å². The van der Waals surface area contributed by atoms with Crippen molar-refractivity contribution in [2.75, 3.05) is 19.0 Å². The van der Waals surface area contributed by atoms with Crippen LogP contribution in [-0.4, -0.2) is 46.5 Å². The van der Waals surface area contributed by atoms with Crippen LogP contribution in [0.2, 0.25) is 0 Å². The summed E-state index contributed by atoms with van der Waals surface area (Å²) in [5.74, 6) is -0.355. The van der Waals surface area contributed by atoms with E-state index in [-0.39, 0.29) is 24.3 Å². The van der Waals surface area contributed by atoms with Crippen LogP contribution in [0.25, 0.3) is 0 Å². The van der Waals surface area contributed by atoms with Crippen molar-refractivity contribution in [3.05, 3.63) is 70.2 Å². The van der Waals surface area contributed by atoms with Gasteiger partial charge in [0.15, 0.2) is 0 Å². The molecule has 2 heterocycles. The number of carbonyl (C=O) groups excluding carboxylic acids is 3. The zero-order valence-electron chi connectivity index (χ0n) is 15.4. The van der Waals surface area contributed by atoms with Gasteiger partial charge in [-0.3, -0.25) is 24.6 Å². The molecule has 0 spiro atoms. The fourth-order valence-corrected chi connectivity index (χ4v) is 3.71. The first-order chi connectivity index (χ1) is 14.1. The van der Waals surface area contributed by atoms with Crippen LogP contribution in [0, 0.1) is 0 Å². The standard InChI is InChI=1S/C20H16N4O4S/c1-28-13-6-4-5-12(11-13)17(25)21-20-23-22-16(29-20)9-10-24-18(26)14-7-2-3-8-15(14)19(24)27/h2-8,11H,9-10H2,1H3,(H,21,23,25). The van der Waals surface area contributed by atoms with E-state index in [0.29, 0.717) is 39.0 Å². The monoisotopic (exact) mass is 408 g/mol. The third kappa shape index (κ3) is 3.72. The molecule has 3 aromatic rings. The smallest absolute Gasteiger partial charge is 0.261 e. The van der Waals surface area contributed by atoms with E-state index in [9.17, 15) is 14.4 Å². The predicted molar refractivity (Wildman–Crippen MR) is 106 cm³/mol. The van der Waals surface area contributed by atoms with Gasteiger partial charge in [-0.05, 0) is 30.3 Å². The number of benzene rings is 2. The molecule has 0 saturated carbocycles. The first kappa shape index (κ1) is 18.8. The van der Waals surface area contributed by atoms with Gasteiger partial charge in [0.05, 0.1) is 18.2 Å². The van der Waals surface area contributed by atoms with Gasteiger partial charge in [0.1, 0.15) is 10.8 Å². The fraction of sp³-hybridized carbons (Fsp3) is 0.150. The van der Waals surface area contributed by atoms with E-state index in [0.717, 1.165) is 0 Å². The molecule has 1 aromatic heterocycles. The van der Waals surface area contributed by atoms with Gasteiger partial charge in [0.25, 0.3) is 17.7 Å². The molecule has 0 radical (unpaired) electrons. The molecule has 0 atom stereocenters. The van der Waals surface area contributed by atoms with Gasteiger partial charge in [-0.25, -0.2) is 0 Å². The second-order valence-corrected chi connectivity index (χ2v) is 7.31. The highest BCUT2D eigenvalue weighted by molar-refractivity contribution is 7.15. The molecule has 0 fully saturated rings. The maximum atomic E-state index is 12.4. The number of imide groups is 1. The first-order valence-corrected chi connectivity index (χ1v) is 9.61. The van der Waals surface area contributed by atoms with Crippen molar-refractivity contribution in [2.24, 2.45) is 0 Å². The molecule has 9 heteroatoms. The Kier molecular flexibility index (Phi) is 5.05. The van der Waals surface area contributed by atoms with Gasteiger partial charge in [-0.1, -0.05) is 29.5 Å². The van der Waals surface area contributed by atoms with Crippen molar-refractivity contribution in [2.45, 2.75) is 6.42 Å². The molecule has 0 aliphatic carbocycles. The Morgan fingerprint density at radius 3 is 2.48 bits per heavy atom. The van der Waals surface area contributed by atoms with Gasteiger partial charge in [-0.15, -0.1) is 10.2 Å². The average molecular weight is 408 g/mol. The Balaban J connectivity index is 1.38. The second-order valence-electron chi connectivity index (χ2n) is 6.24. The van der Waals surface area contributed by atoms with Gasteiger partial charge >= 0.3 is 0 Å². The molecule has 1 N–H and O–H groups in total. The number of anilines is 1. The number of rotatable bonds is 6. The van der Waals surface area contributed by atoms with Crippen LogP contribution >= 0.6 is 11.3 Å². The Bertz CT molecular complexity index is 1080. The van der Waals surface area contributed by atoms with Crippen LogP contribution in [-0.2, 0) is 6.42 Å². The first-order valence-electron chi connectivity index (χ1n) is 8.80. The van der Waals surface area contributed by atoms with E-state index in [1.807, 2.05) is 0 Å². The minimum atomic E-state index is -0.327. The lowest BCUT2D eigenvalue weighted by Crippen LogP contribution is -2.31. The summed E-state index contributed by atoms with van der Waals surface area (Å²) in [5, 5.41) is 11.6. The maximum absolute atomic E-state index is 12.4. The molecule has 1 aliphatic heterocycles. The molecule has 0 unspecified atom stereocenters. The van der Waals surface area contributed by atoms with Crippen LogP contribution in [0.3, 0.4) is 0 Å². The Hall–Kier alpha value is -3.59. The number of amides is 3. The summed E-state index contributed by atoms with van der Waals surface area (Å²) >= 11 is 1.20. The van der Waals surface area contributed by atoms with Gasteiger partial charge in [0, 0.05) is 18.5 Å². The number of fused-ring (bicyclic) bond motifs is 1. The van der Waals surface area contributed by atoms with Crippen molar-refractivity contribution in [1.82, 2.24) is 15.1 Å².